The number of aromatic nitrogens is 3. The van der Waals surface area contributed by atoms with Crippen LogP contribution in [-0.2, 0) is 4.74 Å². The van der Waals surface area contributed by atoms with Crippen molar-refractivity contribution in [1.82, 2.24) is 14.4 Å². The molecule has 7 heteroatoms. The van der Waals surface area contributed by atoms with Crippen LogP contribution in [0.1, 0.15) is 17.4 Å². The Kier molecular flexibility index (Phi) is 4.00. The summed E-state index contributed by atoms with van der Waals surface area (Å²) in [6.45, 7) is 2.00. The molecule has 0 saturated carbocycles. The average Bonchev–Trinajstić information content (AvgIpc) is 2.89. The van der Waals surface area contributed by atoms with Gasteiger partial charge >= 0.3 is 5.97 Å². The summed E-state index contributed by atoms with van der Waals surface area (Å²) in [7, 11) is 0. The highest BCUT2D eigenvalue weighted by molar-refractivity contribution is 6.35. The second kappa shape index (κ2) is 5.94. The van der Waals surface area contributed by atoms with E-state index in [0.29, 0.717) is 26.9 Å². The van der Waals surface area contributed by atoms with E-state index in [1.54, 1.807) is 41.8 Å². The summed E-state index contributed by atoms with van der Waals surface area (Å²) >= 11 is 12.3. The Bertz CT molecular complexity index is 861. The first-order valence-corrected chi connectivity index (χ1v) is 7.32. The van der Waals surface area contributed by atoms with Crippen LogP contribution < -0.4 is 0 Å². The smallest absolute Gasteiger partial charge is 0.357 e. The van der Waals surface area contributed by atoms with E-state index >= 15 is 0 Å². The normalized spacial score (nSPS) is 10.9. The number of nitrogens with zero attached hydrogens (tertiary/aromatic N) is 3. The fourth-order valence-corrected chi connectivity index (χ4v) is 2.54. The molecular formula is C15H11Cl2N3O2. The quantitative estimate of drug-likeness (QED) is 0.681. The third-order valence-corrected chi connectivity index (χ3v) is 3.65. The third-order valence-electron chi connectivity index (χ3n) is 3.08. The van der Waals surface area contributed by atoms with Gasteiger partial charge in [-0.15, -0.1) is 0 Å². The molecule has 0 aliphatic carbocycles. The number of fused-ring (bicyclic) bond motifs is 1. The van der Waals surface area contributed by atoms with E-state index in [4.69, 9.17) is 27.9 Å². The van der Waals surface area contributed by atoms with E-state index in [9.17, 15) is 4.79 Å². The molecule has 0 atom stereocenters. The number of esters is 1. The molecule has 0 unspecified atom stereocenters. The number of ether oxygens (including phenoxy) is 1. The Morgan fingerprint density at radius 2 is 2.14 bits per heavy atom. The van der Waals surface area contributed by atoms with Crippen molar-refractivity contribution in [2.45, 2.75) is 6.92 Å². The molecule has 0 fully saturated rings. The highest BCUT2D eigenvalue weighted by atomic mass is 35.5. The van der Waals surface area contributed by atoms with E-state index in [-0.39, 0.29) is 12.3 Å². The van der Waals surface area contributed by atoms with Gasteiger partial charge in [-0.1, -0.05) is 23.2 Å². The van der Waals surface area contributed by atoms with Crippen LogP contribution in [0.5, 0.6) is 0 Å². The van der Waals surface area contributed by atoms with Crippen LogP contribution in [0.25, 0.3) is 16.9 Å². The van der Waals surface area contributed by atoms with Crippen LogP contribution in [0, 0.1) is 0 Å². The lowest BCUT2D eigenvalue weighted by Crippen LogP contribution is -2.09. The first-order valence-electron chi connectivity index (χ1n) is 6.56. The number of carbonyl (C=O) groups is 1. The van der Waals surface area contributed by atoms with Gasteiger partial charge < -0.3 is 4.74 Å². The van der Waals surface area contributed by atoms with Gasteiger partial charge in [0.25, 0.3) is 0 Å². The zero-order valence-corrected chi connectivity index (χ0v) is 13.1. The maximum Gasteiger partial charge on any atom is 0.357 e. The molecule has 2 heterocycles. The molecule has 0 saturated heterocycles. The summed E-state index contributed by atoms with van der Waals surface area (Å²) in [5, 5.41) is 0.954. The predicted molar refractivity (Wildman–Crippen MR) is 84.4 cm³/mol. The Morgan fingerprint density at radius 1 is 1.32 bits per heavy atom. The zero-order chi connectivity index (χ0) is 15.7. The van der Waals surface area contributed by atoms with Crippen LogP contribution in [0.4, 0.5) is 0 Å². The molecular weight excluding hydrogens is 325 g/mol. The highest BCUT2D eigenvalue weighted by Crippen LogP contribution is 2.33. The topological polar surface area (TPSA) is 56.5 Å². The van der Waals surface area contributed by atoms with E-state index in [2.05, 4.69) is 9.97 Å². The Hall–Kier alpha value is -2.11. The SMILES string of the molecule is CCOC(=O)c1c(-c2cc(Cl)ccc2Cl)nc2ccncn12. The fourth-order valence-electron chi connectivity index (χ4n) is 2.16. The molecule has 0 bridgehead atoms. The lowest BCUT2D eigenvalue weighted by Gasteiger charge is -2.06. The standard InChI is InChI=1S/C15H11Cl2N3O2/c1-2-22-15(21)14-13(10-7-9(16)3-4-11(10)17)19-12-5-6-18-8-20(12)14/h3-8H,2H2,1H3. The van der Waals surface area contributed by atoms with Crippen molar-refractivity contribution < 1.29 is 9.53 Å². The van der Waals surface area contributed by atoms with Crippen molar-refractivity contribution in [3.05, 3.63) is 52.5 Å². The second-order valence-corrected chi connectivity index (χ2v) is 5.31. The number of imidazole rings is 1. The summed E-state index contributed by atoms with van der Waals surface area (Å²) in [6.07, 6.45) is 3.11. The van der Waals surface area contributed by atoms with Gasteiger partial charge in [0.2, 0.25) is 0 Å². The van der Waals surface area contributed by atoms with Crippen LogP contribution >= 0.6 is 23.2 Å². The van der Waals surface area contributed by atoms with Gasteiger partial charge in [-0.3, -0.25) is 4.40 Å². The van der Waals surface area contributed by atoms with Gasteiger partial charge in [0.05, 0.1) is 11.6 Å². The number of rotatable bonds is 3. The Labute approximate surface area is 136 Å². The van der Waals surface area contributed by atoms with E-state index < -0.39 is 5.97 Å². The van der Waals surface area contributed by atoms with Crippen LogP contribution in [0.3, 0.4) is 0 Å². The van der Waals surface area contributed by atoms with E-state index in [1.165, 1.54) is 6.33 Å². The third kappa shape index (κ3) is 2.53. The van der Waals surface area contributed by atoms with Crippen molar-refractivity contribution in [3.8, 4) is 11.3 Å². The molecule has 0 N–H and O–H groups in total. The summed E-state index contributed by atoms with van der Waals surface area (Å²) in [5.74, 6) is -0.492. The molecule has 112 valence electrons. The minimum atomic E-state index is -0.492. The molecule has 1 aromatic carbocycles. The number of carbonyl (C=O) groups excluding carboxylic acids is 1. The molecule has 0 aliphatic heterocycles. The largest absolute Gasteiger partial charge is 0.461 e. The van der Waals surface area contributed by atoms with E-state index in [1.807, 2.05) is 0 Å². The molecule has 22 heavy (non-hydrogen) atoms. The maximum atomic E-state index is 12.3. The van der Waals surface area contributed by atoms with Gasteiger partial charge in [-0.25, -0.2) is 14.8 Å². The van der Waals surface area contributed by atoms with Crippen molar-refractivity contribution in [1.29, 1.82) is 0 Å². The minimum Gasteiger partial charge on any atom is -0.461 e. The Balaban J connectivity index is 2.31. The highest BCUT2D eigenvalue weighted by Gasteiger charge is 2.23. The molecule has 0 amide bonds. The number of hydrogen-bond donors (Lipinski definition) is 0. The van der Waals surface area contributed by atoms with Crippen molar-refractivity contribution >= 4 is 34.8 Å². The summed E-state index contributed by atoms with van der Waals surface area (Å²) < 4.78 is 6.70. The van der Waals surface area contributed by atoms with Gasteiger partial charge in [-0.2, -0.15) is 0 Å². The number of benzene rings is 1. The van der Waals surface area contributed by atoms with Crippen LogP contribution in [0.15, 0.2) is 36.8 Å². The lowest BCUT2D eigenvalue weighted by molar-refractivity contribution is 0.0519. The number of halogens is 2. The monoisotopic (exact) mass is 335 g/mol. The second-order valence-electron chi connectivity index (χ2n) is 4.46. The lowest BCUT2D eigenvalue weighted by atomic mass is 10.1. The van der Waals surface area contributed by atoms with Crippen LogP contribution in [0.2, 0.25) is 10.0 Å². The van der Waals surface area contributed by atoms with Gasteiger partial charge in [0, 0.05) is 16.8 Å². The average molecular weight is 336 g/mol. The number of hydrogen-bond acceptors (Lipinski definition) is 4. The molecule has 3 aromatic rings. The fraction of sp³-hybridized carbons (Fsp3) is 0.133. The van der Waals surface area contributed by atoms with Crippen molar-refractivity contribution in [2.24, 2.45) is 0 Å². The van der Waals surface area contributed by atoms with Crippen molar-refractivity contribution in [3.63, 3.8) is 0 Å². The Morgan fingerprint density at radius 3 is 2.91 bits per heavy atom. The van der Waals surface area contributed by atoms with Crippen molar-refractivity contribution in [2.75, 3.05) is 6.61 Å². The molecule has 0 radical (unpaired) electrons. The summed E-state index contributed by atoms with van der Waals surface area (Å²) in [5.41, 5.74) is 1.83. The maximum absolute atomic E-state index is 12.3. The van der Waals surface area contributed by atoms with Gasteiger partial charge in [0.1, 0.15) is 17.7 Å². The first-order chi connectivity index (χ1) is 10.6. The molecule has 5 nitrogen and oxygen atoms in total. The van der Waals surface area contributed by atoms with Gasteiger partial charge in [0.15, 0.2) is 5.69 Å². The van der Waals surface area contributed by atoms with E-state index in [0.717, 1.165) is 0 Å². The molecule has 2 aromatic heterocycles. The molecule has 3 rings (SSSR count). The zero-order valence-electron chi connectivity index (χ0n) is 11.6. The van der Waals surface area contributed by atoms with Crippen LogP contribution in [-0.4, -0.2) is 26.9 Å². The summed E-state index contributed by atoms with van der Waals surface area (Å²) in [6, 6.07) is 6.71. The predicted octanol–water partition coefficient (Wildman–Crippen LogP) is 3.88. The first kappa shape index (κ1) is 14.8. The molecule has 0 spiro atoms. The minimum absolute atomic E-state index is 0.259. The van der Waals surface area contributed by atoms with Gasteiger partial charge in [-0.05, 0) is 31.2 Å². The molecule has 0 aliphatic rings. The summed E-state index contributed by atoms with van der Waals surface area (Å²) in [4.78, 5) is 20.8.